The Kier molecular flexibility index (Phi) is 5.49. The maximum Gasteiger partial charge on any atom is 0.224 e. The predicted molar refractivity (Wildman–Crippen MR) is 81.9 cm³/mol. The van der Waals surface area contributed by atoms with E-state index >= 15 is 0 Å². The molecule has 0 saturated carbocycles. The van der Waals surface area contributed by atoms with Gasteiger partial charge in [-0.1, -0.05) is 13.0 Å². The molecule has 0 bridgehead atoms. The summed E-state index contributed by atoms with van der Waals surface area (Å²) in [6.07, 6.45) is 7.52. The molecule has 0 unspecified atom stereocenters. The van der Waals surface area contributed by atoms with E-state index in [1.165, 1.54) is 5.69 Å². The third-order valence-corrected chi connectivity index (χ3v) is 3.34. The highest BCUT2D eigenvalue weighted by molar-refractivity contribution is 5.78. The molecule has 2 rings (SSSR count). The molecule has 1 amide bonds. The molecule has 0 saturated heterocycles. The molecular formula is C16H22N4O. The topological polar surface area (TPSA) is 59.8 Å². The zero-order chi connectivity index (χ0) is 15.1. The summed E-state index contributed by atoms with van der Waals surface area (Å²) in [5.74, 6) is 1.06. The molecule has 21 heavy (non-hydrogen) atoms. The summed E-state index contributed by atoms with van der Waals surface area (Å²) in [6, 6.07) is 3.75. The van der Waals surface area contributed by atoms with E-state index < -0.39 is 0 Å². The summed E-state index contributed by atoms with van der Waals surface area (Å²) in [6.45, 7) is 5.80. The highest BCUT2D eigenvalue weighted by Crippen LogP contribution is 2.06. The van der Waals surface area contributed by atoms with E-state index in [0.29, 0.717) is 13.0 Å². The van der Waals surface area contributed by atoms with E-state index in [1.807, 2.05) is 18.3 Å². The first-order valence-electron chi connectivity index (χ1n) is 7.37. The van der Waals surface area contributed by atoms with Gasteiger partial charge in [0, 0.05) is 43.8 Å². The summed E-state index contributed by atoms with van der Waals surface area (Å²) in [5.41, 5.74) is 2.10. The van der Waals surface area contributed by atoms with Crippen LogP contribution in [0.1, 0.15) is 30.4 Å². The molecule has 0 aliphatic carbocycles. The van der Waals surface area contributed by atoms with Gasteiger partial charge in [-0.3, -0.25) is 9.78 Å². The minimum atomic E-state index is 0.0216. The summed E-state index contributed by atoms with van der Waals surface area (Å²) in [7, 11) is 0. The van der Waals surface area contributed by atoms with E-state index in [1.54, 1.807) is 12.4 Å². The van der Waals surface area contributed by atoms with Crippen molar-refractivity contribution in [1.29, 1.82) is 0 Å². The van der Waals surface area contributed by atoms with Crippen LogP contribution < -0.4 is 5.32 Å². The van der Waals surface area contributed by atoms with Crippen molar-refractivity contribution in [2.24, 2.45) is 0 Å². The lowest BCUT2D eigenvalue weighted by Crippen LogP contribution is -2.28. The summed E-state index contributed by atoms with van der Waals surface area (Å²) >= 11 is 0. The largest absolute Gasteiger partial charge is 0.355 e. The Bertz CT molecular complexity index is 577. The first kappa shape index (κ1) is 15.2. The van der Waals surface area contributed by atoms with Crippen molar-refractivity contribution in [3.63, 3.8) is 0 Å². The lowest BCUT2D eigenvalue weighted by atomic mass is 10.2. The Labute approximate surface area is 125 Å². The van der Waals surface area contributed by atoms with Gasteiger partial charge in [-0.05, 0) is 25.0 Å². The molecule has 0 aromatic carbocycles. The molecule has 2 aromatic rings. The molecule has 0 aliphatic heterocycles. The standard InChI is InChI=1S/C16H22N4O/c1-3-9-20-13(2)11-19-15(20)6-8-18-16(21)10-14-5-4-7-17-12-14/h4-5,7,11-12H,3,6,8-10H2,1-2H3,(H,18,21). The van der Waals surface area contributed by atoms with E-state index in [2.05, 4.69) is 33.7 Å². The van der Waals surface area contributed by atoms with Gasteiger partial charge >= 0.3 is 0 Å². The van der Waals surface area contributed by atoms with Crippen LogP contribution in [0, 0.1) is 6.92 Å². The lowest BCUT2D eigenvalue weighted by molar-refractivity contribution is -0.120. The Hall–Kier alpha value is -2.17. The van der Waals surface area contributed by atoms with Gasteiger partial charge in [-0.2, -0.15) is 0 Å². The van der Waals surface area contributed by atoms with Crippen LogP contribution in [-0.4, -0.2) is 27.0 Å². The van der Waals surface area contributed by atoms with Gasteiger partial charge in [0.15, 0.2) is 0 Å². The average Bonchev–Trinajstić information content (AvgIpc) is 2.82. The van der Waals surface area contributed by atoms with Crippen molar-refractivity contribution in [1.82, 2.24) is 19.9 Å². The molecule has 5 heteroatoms. The average molecular weight is 286 g/mol. The molecule has 112 valence electrons. The first-order chi connectivity index (χ1) is 10.2. The number of imidazole rings is 1. The fraction of sp³-hybridized carbons (Fsp3) is 0.438. The summed E-state index contributed by atoms with van der Waals surface area (Å²) < 4.78 is 2.22. The molecular weight excluding hydrogens is 264 g/mol. The Balaban J connectivity index is 1.80. The maximum atomic E-state index is 11.9. The highest BCUT2D eigenvalue weighted by atomic mass is 16.1. The molecule has 5 nitrogen and oxygen atoms in total. The lowest BCUT2D eigenvalue weighted by Gasteiger charge is -2.09. The van der Waals surface area contributed by atoms with Gasteiger partial charge in [-0.25, -0.2) is 4.98 Å². The summed E-state index contributed by atoms with van der Waals surface area (Å²) in [4.78, 5) is 20.3. The molecule has 0 aliphatic rings. The van der Waals surface area contributed by atoms with Crippen LogP contribution in [0.2, 0.25) is 0 Å². The SMILES string of the molecule is CCCn1c(C)cnc1CCNC(=O)Cc1cccnc1. The number of rotatable bonds is 7. The number of aromatic nitrogens is 3. The van der Waals surface area contributed by atoms with Gasteiger partial charge in [0.25, 0.3) is 0 Å². The fourth-order valence-electron chi connectivity index (χ4n) is 2.30. The number of nitrogens with one attached hydrogen (secondary N) is 1. The van der Waals surface area contributed by atoms with Crippen LogP contribution in [-0.2, 0) is 24.2 Å². The summed E-state index contributed by atoms with van der Waals surface area (Å²) in [5, 5.41) is 2.94. The van der Waals surface area contributed by atoms with E-state index in [4.69, 9.17) is 0 Å². The number of carbonyl (C=O) groups is 1. The second-order valence-electron chi connectivity index (χ2n) is 5.11. The first-order valence-corrected chi connectivity index (χ1v) is 7.37. The van der Waals surface area contributed by atoms with Crippen LogP contribution in [0.25, 0.3) is 0 Å². The van der Waals surface area contributed by atoms with Crippen molar-refractivity contribution < 1.29 is 4.79 Å². The quantitative estimate of drug-likeness (QED) is 0.845. The normalized spacial score (nSPS) is 10.6. The number of nitrogens with zero attached hydrogens (tertiary/aromatic N) is 3. The van der Waals surface area contributed by atoms with E-state index in [0.717, 1.165) is 30.8 Å². The van der Waals surface area contributed by atoms with Crippen LogP contribution in [0.3, 0.4) is 0 Å². The third-order valence-electron chi connectivity index (χ3n) is 3.34. The minimum absolute atomic E-state index is 0.0216. The van der Waals surface area contributed by atoms with Crippen molar-refractivity contribution in [2.75, 3.05) is 6.54 Å². The number of hydrogen-bond acceptors (Lipinski definition) is 3. The minimum Gasteiger partial charge on any atom is -0.355 e. The van der Waals surface area contributed by atoms with Gasteiger partial charge < -0.3 is 9.88 Å². The molecule has 0 radical (unpaired) electrons. The number of pyridine rings is 1. The second-order valence-corrected chi connectivity index (χ2v) is 5.11. The Morgan fingerprint density at radius 3 is 2.95 bits per heavy atom. The number of amides is 1. The zero-order valence-corrected chi connectivity index (χ0v) is 12.7. The zero-order valence-electron chi connectivity index (χ0n) is 12.7. The second kappa shape index (κ2) is 7.57. The Morgan fingerprint density at radius 1 is 1.38 bits per heavy atom. The van der Waals surface area contributed by atoms with Crippen LogP contribution in [0.15, 0.2) is 30.7 Å². The van der Waals surface area contributed by atoms with Crippen LogP contribution >= 0.6 is 0 Å². The molecule has 2 heterocycles. The highest BCUT2D eigenvalue weighted by Gasteiger charge is 2.07. The van der Waals surface area contributed by atoms with Gasteiger partial charge in [0.05, 0.1) is 6.42 Å². The van der Waals surface area contributed by atoms with Gasteiger partial charge in [-0.15, -0.1) is 0 Å². The van der Waals surface area contributed by atoms with Gasteiger partial charge in [0.1, 0.15) is 5.82 Å². The van der Waals surface area contributed by atoms with Crippen molar-refractivity contribution in [3.8, 4) is 0 Å². The maximum absolute atomic E-state index is 11.9. The molecule has 2 aromatic heterocycles. The van der Waals surface area contributed by atoms with Gasteiger partial charge in [0.2, 0.25) is 5.91 Å². The van der Waals surface area contributed by atoms with E-state index in [9.17, 15) is 4.79 Å². The van der Waals surface area contributed by atoms with Crippen molar-refractivity contribution in [2.45, 2.75) is 39.7 Å². The third kappa shape index (κ3) is 4.41. The predicted octanol–water partition coefficient (Wildman–Crippen LogP) is 1.90. The molecule has 0 atom stereocenters. The van der Waals surface area contributed by atoms with Crippen molar-refractivity contribution >= 4 is 5.91 Å². The number of hydrogen-bond donors (Lipinski definition) is 1. The Morgan fingerprint density at radius 2 is 2.24 bits per heavy atom. The van der Waals surface area contributed by atoms with Crippen molar-refractivity contribution in [3.05, 3.63) is 47.8 Å². The smallest absolute Gasteiger partial charge is 0.224 e. The number of aryl methyl sites for hydroxylation is 1. The molecule has 1 N–H and O–H groups in total. The molecule has 0 fully saturated rings. The van der Waals surface area contributed by atoms with E-state index in [-0.39, 0.29) is 5.91 Å². The monoisotopic (exact) mass is 286 g/mol. The van der Waals surface area contributed by atoms with Crippen LogP contribution in [0.4, 0.5) is 0 Å². The number of carbonyl (C=O) groups excluding carboxylic acids is 1. The fourth-order valence-corrected chi connectivity index (χ4v) is 2.30. The van der Waals surface area contributed by atoms with Crippen LogP contribution in [0.5, 0.6) is 0 Å². The molecule has 0 spiro atoms.